The zero-order valence-corrected chi connectivity index (χ0v) is 10.2. The number of benzene rings is 1. The number of allylic oxidation sites excluding steroid dienone is 2. The molecule has 1 unspecified atom stereocenters. The molecule has 1 nitrogen and oxygen atoms in total. The van der Waals surface area contributed by atoms with Gasteiger partial charge in [0, 0.05) is 5.54 Å². The maximum Gasteiger partial charge on any atom is 0.0354 e. The van der Waals surface area contributed by atoms with Crippen LogP contribution in [0, 0.1) is 0 Å². The molecule has 0 bridgehead atoms. The summed E-state index contributed by atoms with van der Waals surface area (Å²) >= 11 is 0. The summed E-state index contributed by atoms with van der Waals surface area (Å²) < 4.78 is 0. The van der Waals surface area contributed by atoms with Crippen LogP contribution < -0.4 is 5.73 Å². The molecule has 0 heterocycles. The normalized spacial score (nSPS) is 25.6. The summed E-state index contributed by atoms with van der Waals surface area (Å²) in [5.74, 6) is 0. The van der Waals surface area contributed by atoms with Gasteiger partial charge in [-0.3, -0.25) is 0 Å². The topological polar surface area (TPSA) is 26.0 Å². The van der Waals surface area contributed by atoms with Crippen molar-refractivity contribution >= 4 is 5.57 Å². The van der Waals surface area contributed by atoms with Gasteiger partial charge in [-0.25, -0.2) is 0 Å². The number of hydrogen-bond donors (Lipinski definition) is 1. The molecule has 2 N–H and O–H groups in total. The van der Waals surface area contributed by atoms with Crippen LogP contribution in [0.3, 0.4) is 0 Å². The van der Waals surface area contributed by atoms with Crippen LogP contribution in [-0.4, -0.2) is 5.54 Å². The molecule has 0 radical (unpaired) electrons. The first-order chi connectivity index (χ1) is 7.49. The molecule has 0 saturated heterocycles. The standard InChI is InChI=1S/C15H19N/c1-11-9-15(3,16)10-12(2)14(11)13-7-5-4-6-8-13/h4-9H,10,16H2,1-3H3. The molecule has 1 heteroatoms. The zero-order valence-electron chi connectivity index (χ0n) is 10.2. The SMILES string of the molecule is CC1=CC(C)(N)CC(C)=C1c1ccccc1. The van der Waals surface area contributed by atoms with Gasteiger partial charge in [0.15, 0.2) is 0 Å². The van der Waals surface area contributed by atoms with Crippen LogP contribution in [0.1, 0.15) is 32.8 Å². The van der Waals surface area contributed by atoms with Gasteiger partial charge >= 0.3 is 0 Å². The van der Waals surface area contributed by atoms with Crippen molar-refractivity contribution in [3.63, 3.8) is 0 Å². The minimum atomic E-state index is -0.188. The summed E-state index contributed by atoms with van der Waals surface area (Å²) in [6, 6.07) is 10.5. The third kappa shape index (κ3) is 2.10. The second kappa shape index (κ2) is 3.91. The van der Waals surface area contributed by atoms with Gasteiger partial charge in [-0.05, 0) is 43.9 Å². The van der Waals surface area contributed by atoms with Crippen LogP contribution >= 0.6 is 0 Å². The minimum Gasteiger partial charge on any atom is -0.322 e. The second-order valence-electron chi connectivity index (χ2n) is 5.03. The van der Waals surface area contributed by atoms with Gasteiger partial charge in [0.2, 0.25) is 0 Å². The summed E-state index contributed by atoms with van der Waals surface area (Å²) in [6.07, 6.45) is 3.12. The first kappa shape index (κ1) is 11.2. The highest BCUT2D eigenvalue weighted by molar-refractivity contribution is 5.82. The molecule has 0 aromatic heterocycles. The first-order valence-corrected chi connectivity index (χ1v) is 5.73. The highest BCUT2D eigenvalue weighted by Crippen LogP contribution is 2.35. The monoisotopic (exact) mass is 213 g/mol. The molecule has 1 aromatic carbocycles. The van der Waals surface area contributed by atoms with Crippen molar-refractivity contribution in [3.05, 3.63) is 53.1 Å². The molecule has 2 rings (SSSR count). The van der Waals surface area contributed by atoms with E-state index in [1.54, 1.807) is 0 Å². The van der Waals surface area contributed by atoms with Crippen molar-refractivity contribution in [1.82, 2.24) is 0 Å². The van der Waals surface area contributed by atoms with Gasteiger partial charge < -0.3 is 5.73 Å². The molecule has 1 aliphatic carbocycles. The fourth-order valence-electron chi connectivity index (χ4n) is 2.69. The Labute approximate surface area is 97.7 Å². The molecule has 0 spiro atoms. The Balaban J connectivity index is 2.47. The van der Waals surface area contributed by atoms with Crippen LogP contribution in [0.4, 0.5) is 0 Å². The van der Waals surface area contributed by atoms with Gasteiger partial charge in [-0.2, -0.15) is 0 Å². The number of nitrogens with two attached hydrogens (primary N) is 1. The quantitative estimate of drug-likeness (QED) is 0.758. The number of hydrogen-bond acceptors (Lipinski definition) is 1. The van der Waals surface area contributed by atoms with Crippen LogP contribution in [0.15, 0.2) is 47.6 Å². The van der Waals surface area contributed by atoms with Gasteiger partial charge in [0.25, 0.3) is 0 Å². The lowest BCUT2D eigenvalue weighted by Crippen LogP contribution is -2.36. The average Bonchev–Trinajstić information content (AvgIpc) is 2.16. The van der Waals surface area contributed by atoms with E-state index in [-0.39, 0.29) is 5.54 Å². The maximum atomic E-state index is 6.19. The Bertz CT molecular complexity index is 450. The summed E-state index contributed by atoms with van der Waals surface area (Å²) in [4.78, 5) is 0. The molecule has 0 amide bonds. The van der Waals surface area contributed by atoms with E-state index >= 15 is 0 Å². The van der Waals surface area contributed by atoms with Gasteiger partial charge in [-0.1, -0.05) is 42.0 Å². The van der Waals surface area contributed by atoms with E-state index in [0.717, 1.165) is 6.42 Å². The van der Waals surface area contributed by atoms with Crippen LogP contribution in [0.25, 0.3) is 5.57 Å². The molecule has 16 heavy (non-hydrogen) atoms. The van der Waals surface area contributed by atoms with E-state index in [9.17, 15) is 0 Å². The van der Waals surface area contributed by atoms with Crippen molar-refractivity contribution < 1.29 is 0 Å². The lowest BCUT2D eigenvalue weighted by atomic mass is 9.80. The predicted octanol–water partition coefficient (Wildman–Crippen LogP) is 3.53. The molecule has 0 fully saturated rings. The lowest BCUT2D eigenvalue weighted by Gasteiger charge is -2.29. The molecule has 84 valence electrons. The maximum absolute atomic E-state index is 6.19. The lowest BCUT2D eigenvalue weighted by molar-refractivity contribution is 0.570. The van der Waals surface area contributed by atoms with E-state index in [0.29, 0.717) is 0 Å². The Hall–Kier alpha value is -1.34. The van der Waals surface area contributed by atoms with Crippen LogP contribution in [0.5, 0.6) is 0 Å². The Morgan fingerprint density at radius 2 is 1.75 bits per heavy atom. The van der Waals surface area contributed by atoms with Crippen molar-refractivity contribution in [2.24, 2.45) is 5.73 Å². The summed E-state index contributed by atoms with van der Waals surface area (Å²) in [7, 11) is 0. The largest absolute Gasteiger partial charge is 0.322 e. The molecule has 0 saturated carbocycles. The Morgan fingerprint density at radius 1 is 1.12 bits per heavy atom. The third-order valence-corrected chi connectivity index (χ3v) is 3.08. The minimum absolute atomic E-state index is 0.188. The van der Waals surface area contributed by atoms with E-state index in [4.69, 9.17) is 5.73 Å². The van der Waals surface area contributed by atoms with Gasteiger partial charge in [-0.15, -0.1) is 0 Å². The average molecular weight is 213 g/mol. The van der Waals surface area contributed by atoms with Crippen molar-refractivity contribution in [2.45, 2.75) is 32.7 Å². The predicted molar refractivity (Wildman–Crippen MR) is 70.0 cm³/mol. The molecular formula is C15H19N. The third-order valence-electron chi connectivity index (χ3n) is 3.08. The first-order valence-electron chi connectivity index (χ1n) is 5.73. The van der Waals surface area contributed by atoms with Gasteiger partial charge in [0.1, 0.15) is 0 Å². The fraction of sp³-hybridized carbons (Fsp3) is 0.333. The van der Waals surface area contributed by atoms with Crippen LogP contribution in [0.2, 0.25) is 0 Å². The second-order valence-corrected chi connectivity index (χ2v) is 5.03. The van der Waals surface area contributed by atoms with E-state index in [2.05, 4.69) is 51.1 Å². The summed E-state index contributed by atoms with van der Waals surface area (Å²) in [5.41, 5.74) is 11.3. The highest BCUT2D eigenvalue weighted by Gasteiger charge is 2.24. The van der Waals surface area contributed by atoms with Gasteiger partial charge in [0.05, 0.1) is 0 Å². The van der Waals surface area contributed by atoms with Crippen molar-refractivity contribution in [2.75, 3.05) is 0 Å². The fourth-order valence-corrected chi connectivity index (χ4v) is 2.69. The Kier molecular flexibility index (Phi) is 2.73. The van der Waals surface area contributed by atoms with Crippen LogP contribution in [-0.2, 0) is 0 Å². The van der Waals surface area contributed by atoms with Crippen molar-refractivity contribution in [3.8, 4) is 0 Å². The molecule has 0 aliphatic heterocycles. The van der Waals surface area contributed by atoms with E-state index < -0.39 is 0 Å². The molecule has 1 aromatic rings. The van der Waals surface area contributed by atoms with E-state index in [1.165, 1.54) is 22.3 Å². The summed E-state index contributed by atoms with van der Waals surface area (Å²) in [5, 5.41) is 0. The highest BCUT2D eigenvalue weighted by atomic mass is 14.7. The van der Waals surface area contributed by atoms with Crippen molar-refractivity contribution in [1.29, 1.82) is 0 Å². The molecule has 1 aliphatic rings. The van der Waals surface area contributed by atoms with E-state index in [1.807, 2.05) is 6.07 Å². The Morgan fingerprint density at radius 3 is 2.31 bits per heavy atom. The smallest absolute Gasteiger partial charge is 0.0354 e. The summed E-state index contributed by atoms with van der Waals surface area (Å²) in [6.45, 7) is 6.42. The molecular weight excluding hydrogens is 194 g/mol. The number of rotatable bonds is 1. The molecule has 1 atom stereocenters. The zero-order chi connectivity index (χ0) is 11.8.